The Morgan fingerprint density at radius 2 is 2.00 bits per heavy atom. The number of nitrogens with zero attached hydrogens (tertiary/aromatic N) is 3. The molecule has 1 N–H and O–H groups in total. The summed E-state index contributed by atoms with van der Waals surface area (Å²) in [5.41, 5.74) is 3.85. The lowest BCUT2D eigenvalue weighted by Crippen LogP contribution is -2.37. The number of H-pyrrole nitrogens is 1. The second-order valence-corrected chi connectivity index (χ2v) is 6.74. The highest BCUT2D eigenvalue weighted by atomic mass is 19.1. The van der Waals surface area contributed by atoms with Crippen LogP contribution < -0.4 is 0 Å². The fraction of sp³-hybridized carbons (Fsp3) is 0.400. The molecule has 0 aliphatic carbocycles. The van der Waals surface area contributed by atoms with Gasteiger partial charge in [0, 0.05) is 54.4 Å². The van der Waals surface area contributed by atoms with Crippen molar-refractivity contribution in [1.29, 1.82) is 0 Å². The first-order valence-corrected chi connectivity index (χ1v) is 8.61. The van der Waals surface area contributed by atoms with Crippen LogP contribution in [0.5, 0.6) is 0 Å². The Morgan fingerprint density at radius 1 is 1.27 bits per heavy atom. The fourth-order valence-corrected chi connectivity index (χ4v) is 3.70. The summed E-state index contributed by atoms with van der Waals surface area (Å²) in [6.45, 7) is 5.18. The molecule has 0 atom stereocenters. The van der Waals surface area contributed by atoms with Gasteiger partial charge in [0.15, 0.2) is 0 Å². The summed E-state index contributed by atoms with van der Waals surface area (Å²) >= 11 is 0. The number of fused-ring (bicyclic) bond motifs is 1. The fourth-order valence-electron chi connectivity index (χ4n) is 3.70. The van der Waals surface area contributed by atoms with Gasteiger partial charge in [0.05, 0.1) is 11.7 Å². The maximum atomic E-state index is 13.4. The third-order valence-electron chi connectivity index (χ3n) is 5.13. The third-order valence-corrected chi connectivity index (χ3v) is 5.13. The molecule has 0 radical (unpaired) electrons. The number of nitrogens with one attached hydrogen (secondary N) is 1. The molecule has 138 valence electrons. The van der Waals surface area contributed by atoms with Crippen LogP contribution in [-0.2, 0) is 4.79 Å². The molecular formula is C20H25FN4O. The lowest BCUT2D eigenvalue weighted by Gasteiger charge is -2.31. The van der Waals surface area contributed by atoms with Crippen LogP contribution in [0.1, 0.15) is 38.9 Å². The van der Waals surface area contributed by atoms with Gasteiger partial charge in [-0.25, -0.2) is 4.39 Å². The minimum Gasteiger partial charge on any atom is -0.360 e. The normalized spacial score (nSPS) is 15.3. The van der Waals surface area contributed by atoms with E-state index in [4.69, 9.17) is 5.10 Å². The molecule has 1 aromatic carbocycles. The van der Waals surface area contributed by atoms with Crippen LogP contribution in [0.3, 0.4) is 0 Å². The highest BCUT2D eigenvalue weighted by molar-refractivity contribution is 5.95. The Labute approximate surface area is 152 Å². The quantitative estimate of drug-likeness (QED) is 0.744. The molecule has 3 aromatic rings. The topological polar surface area (TPSA) is 53.9 Å². The van der Waals surface area contributed by atoms with Gasteiger partial charge in [-0.1, -0.05) is 7.43 Å². The summed E-state index contributed by atoms with van der Waals surface area (Å²) in [7, 11) is 0. The predicted molar refractivity (Wildman–Crippen MR) is 101 cm³/mol. The Balaban J connectivity index is 0.00000196. The minimum atomic E-state index is -0.245. The molecule has 1 aliphatic heterocycles. The molecule has 26 heavy (non-hydrogen) atoms. The SMILES string of the molecule is C.CC(=O)N1CCC(n2cc(-c3c[nH]c4cc(F)ccc34)c(C)n2)CC1. The first kappa shape index (κ1) is 18.2. The van der Waals surface area contributed by atoms with E-state index in [1.165, 1.54) is 12.1 Å². The number of hydrogen-bond acceptors (Lipinski definition) is 2. The maximum absolute atomic E-state index is 13.4. The highest BCUT2D eigenvalue weighted by Gasteiger charge is 2.23. The van der Waals surface area contributed by atoms with Crippen molar-refractivity contribution in [3.8, 4) is 11.1 Å². The first-order chi connectivity index (χ1) is 12.0. The molecule has 1 saturated heterocycles. The Bertz CT molecular complexity index is 935. The van der Waals surface area contributed by atoms with Crippen molar-refractivity contribution in [3.05, 3.63) is 42.1 Å². The predicted octanol–water partition coefficient (Wildman–Crippen LogP) is 4.30. The molecule has 0 spiro atoms. The van der Waals surface area contributed by atoms with Crippen molar-refractivity contribution in [3.63, 3.8) is 0 Å². The molecule has 6 heteroatoms. The van der Waals surface area contributed by atoms with Crippen LogP contribution >= 0.6 is 0 Å². The van der Waals surface area contributed by atoms with Gasteiger partial charge in [-0.3, -0.25) is 9.48 Å². The van der Waals surface area contributed by atoms with Gasteiger partial charge in [-0.2, -0.15) is 5.10 Å². The standard InChI is InChI=1S/C19H21FN4O.CH4/c1-12-18(17-10-21-19-9-14(20)3-4-16(17)19)11-24(22-12)15-5-7-23(8-6-15)13(2)25;/h3-4,9-11,15,21H,5-8H2,1-2H3;1H4. The number of aromatic amines is 1. The molecule has 4 rings (SSSR count). The molecule has 0 bridgehead atoms. The van der Waals surface area contributed by atoms with E-state index in [-0.39, 0.29) is 19.2 Å². The lowest BCUT2D eigenvalue weighted by molar-refractivity contribution is -0.130. The van der Waals surface area contributed by atoms with Gasteiger partial charge in [-0.05, 0) is 38.0 Å². The summed E-state index contributed by atoms with van der Waals surface area (Å²) in [5.74, 6) is -0.104. The second-order valence-electron chi connectivity index (χ2n) is 6.74. The van der Waals surface area contributed by atoms with Crippen LogP contribution in [0.25, 0.3) is 22.0 Å². The number of piperidine rings is 1. The van der Waals surface area contributed by atoms with Gasteiger partial charge in [0.1, 0.15) is 5.82 Å². The van der Waals surface area contributed by atoms with E-state index < -0.39 is 0 Å². The largest absolute Gasteiger partial charge is 0.360 e. The molecule has 0 unspecified atom stereocenters. The van der Waals surface area contributed by atoms with E-state index in [1.54, 1.807) is 13.0 Å². The van der Waals surface area contributed by atoms with Crippen LogP contribution in [0, 0.1) is 12.7 Å². The monoisotopic (exact) mass is 356 g/mol. The summed E-state index contributed by atoms with van der Waals surface area (Å²) in [4.78, 5) is 16.5. The molecule has 1 amide bonds. The van der Waals surface area contributed by atoms with Crippen molar-refractivity contribution in [2.24, 2.45) is 0 Å². The zero-order chi connectivity index (χ0) is 17.6. The van der Waals surface area contributed by atoms with Crippen molar-refractivity contribution < 1.29 is 9.18 Å². The number of likely N-dealkylation sites (tertiary alicyclic amines) is 1. The smallest absolute Gasteiger partial charge is 0.219 e. The maximum Gasteiger partial charge on any atom is 0.219 e. The van der Waals surface area contributed by atoms with E-state index in [1.807, 2.05) is 22.7 Å². The zero-order valence-corrected chi connectivity index (χ0v) is 14.4. The molecule has 2 aromatic heterocycles. The number of carbonyl (C=O) groups excluding carboxylic acids is 1. The zero-order valence-electron chi connectivity index (χ0n) is 14.4. The van der Waals surface area contributed by atoms with E-state index in [0.29, 0.717) is 6.04 Å². The summed E-state index contributed by atoms with van der Waals surface area (Å²) in [5, 5.41) is 5.71. The van der Waals surface area contributed by atoms with Crippen molar-refractivity contribution in [2.45, 2.75) is 40.2 Å². The molecule has 3 heterocycles. The minimum absolute atomic E-state index is 0. The van der Waals surface area contributed by atoms with E-state index in [0.717, 1.165) is 53.7 Å². The van der Waals surface area contributed by atoms with Gasteiger partial charge in [0.25, 0.3) is 0 Å². The van der Waals surface area contributed by atoms with Gasteiger partial charge >= 0.3 is 0 Å². The van der Waals surface area contributed by atoms with Crippen molar-refractivity contribution >= 4 is 16.8 Å². The average molecular weight is 356 g/mol. The number of rotatable bonds is 2. The number of aryl methyl sites for hydroxylation is 1. The molecule has 1 aliphatic rings. The van der Waals surface area contributed by atoms with Crippen molar-refractivity contribution in [1.82, 2.24) is 19.7 Å². The van der Waals surface area contributed by atoms with Gasteiger partial charge in [0.2, 0.25) is 5.91 Å². The summed E-state index contributed by atoms with van der Waals surface area (Å²) in [6, 6.07) is 5.11. The van der Waals surface area contributed by atoms with E-state index in [9.17, 15) is 9.18 Å². The Hall–Kier alpha value is -2.63. The molecule has 5 nitrogen and oxygen atoms in total. The molecular weight excluding hydrogens is 331 g/mol. The van der Waals surface area contributed by atoms with E-state index in [2.05, 4.69) is 11.2 Å². The van der Waals surface area contributed by atoms with Gasteiger partial charge < -0.3 is 9.88 Å². The summed E-state index contributed by atoms with van der Waals surface area (Å²) in [6.07, 6.45) is 5.82. The number of halogens is 1. The van der Waals surface area contributed by atoms with Crippen LogP contribution in [0.2, 0.25) is 0 Å². The average Bonchev–Trinajstić information content (AvgIpc) is 3.17. The second kappa shape index (κ2) is 6.94. The molecule has 0 saturated carbocycles. The first-order valence-electron chi connectivity index (χ1n) is 8.61. The van der Waals surface area contributed by atoms with Crippen LogP contribution in [0.4, 0.5) is 4.39 Å². The van der Waals surface area contributed by atoms with Crippen LogP contribution in [0.15, 0.2) is 30.6 Å². The number of aromatic nitrogens is 3. The Kier molecular flexibility index (Phi) is 4.85. The highest BCUT2D eigenvalue weighted by Crippen LogP contribution is 2.32. The number of carbonyl (C=O) groups is 1. The summed E-state index contributed by atoms with van der Waals surface area (Å²) < 4.78 is 15.4. The lowest BCUT2D eigenvalue weighted by atomic mass is 10.0. The van der Waals surface area contributed by atoms with E-state index >= 15 is 0 Å². The third kappa shape index (κ3) is 3.11. The Morgan fingerprint density at radius 3 is 2.69 bits per heavy atom. The molecule has 1 fully saturated rings. The number of hydrogen-bond donors (Lipinski definition) is 1. The van der Waals surface area contributed by atoms with Crippen molar-refractivity contribution in [2.75, 3.05) is 13.1 Å². The number of benzene rings is 1. The number of amides is 1. The van der Waals surface area contributed by atoms with Gasteiger partial charge in [-0.15, -0.1) is 0 Å². The van der Waals surface area contributed by atoms with Crippen LogP contribution in [-0.4, -0.2) is 38.7 Å².